The summed E-state index contributed by atoms with van der Waals surface area (Å²) >= 11 is 9.46. The fraction of sp³-hybridized carbons (Fsp3) is 0.310. The van der Waals surface area contributed by atoms with Crippen molar-refractivity contribution in [2.75, 3.05) is 17.4 Å². The molecule has 0 aliphatic rings. The van der Waals surface area contributed by atoms with Crippen molar-refractivity contribution in [3.8, 4) is 0 Å². The number of benzene rings is 3. The average molecular weight is 635 g/mol. The number of halogens is 2. The Morgan fingerprint density at radius 2 is 1.67 bits per heavy atom. The molecule has 7 nitrogen and oxygen atoms in total. The van der Waals surface area contributed by atoms with Crippen LogP contribution in [0.25, 0.3) is 0 Å². The molecule has 10 heteroatoms. The van der Waals surface area contributed by atoms with Crippen molar-refractivity contribution in [2.24, 2.45) is 0 Å². The number of rotatable bonds is 12. The Balaban J connectivity index is 2.04. The van der Waals surface area contributed by atoms with Crippen molar-refractivity contribution in [3.63, 3.8) is 0 Å². The second-order valence-electron chi connectivity index (χ2n) is 9.17. The molecule has 0 spiro atoms. The third-order valence-electron chi connectivity index (χ3n) is 6.19. The minimum absolute atomic E-state index is 0.0675. The van der Waals surface area contributed by atoms with E-state index in [0.29, 0.717) is 28.1 Å². The van der Waals surface area contributed by atoms with Gasteiger partial charge in [0.2, 0.25) is 11.8 Å². The fourth-order valence-electron chi connectivity index (χ4n) is 4.07. The zero-order chi connectivity index (χ0) is 28.6. The molecule has 3 rings (SSSR count). The number of anilines is 1. The number of nitrogens with one attached hydrogen (secondary N) is 1. The zero-order valence-corrected chi connectivity index (χ0v) is 25.4. The molecule has 0 heterocycles. The Hall–Kier alpha value is -2.88. The van der Waals surface area contributed by atoms with Gasteiger partial charge in [-0.15, -0.1) is 0 Å². The van der Waals surface area contributed by atoms with Gasteiger partial charge in [0.15, 0.2) is 0 Å². The summed E-state index contributed by atoms with van der Waals surface area (Å²) in [6, 6.07) is 19.5. The largest absolute Gasteiger partial charge is 0.354 e. The maximum atomic E-state index is 14.0. The SMILES string of the molecule is CCCNC(=O)[C@H](CC)N(Cc1ccc(Cl)cc1)C(=O)CN(c1cccc(Br)c1)S(=O)(=O)c1ccc(C)cc1. The fourth-order valence-corrected chi connectivity index (χ4v) is 5.99. The van der Waals surface area contributed by atoms with Crippen molar-refractivity contribution in [1.82, 2.24) is 10.2 Å². The van der Waals surface area contributed by atoms with Gasteiger partial charge in [0.25, 0.3) is 10.0 Å². The summed E-state index contributed by atoms with van der Waals surface area (Å²) in [5.41, 5.74) is 2.01. The van der Waals surface area contributed by atoms with Crippen LogP contribution in [0.15, 0.2) is 82.2 Å². The van der Waals surface area contributed by atoms with E-state index >= 15 is 0 Å². The molecule has 39 heavy (non-hydrogen) atoms. The van der Waals surface area contributed by atoms with Gasteiger partial charge >= 0.3 is 0 Å². The highest BCUT2D eigenvalue weighted by molar-refractivity contribution is 9.10. The third kappa shape index (κ3) is 8.06. The maximum absolute atomic E-state index is 14.0. The quantitative estimate of drug-likeness (QED) is 0.267. The smallest absolute Gasteiger partial charge is 0.264 e. The topological polar surface area (TPSA) is 86.8 Å². The van der Waals surface area contributed by atoms with Crippen molar-refractivity contribution < 1.29 is 18.0 Å². The lowest BCUT2D eigenvalue weighted by atomic mass is 10.1. The molecule has 1 atom stereocenters. The molecule has 208 valence electrons. The van der Waals surface area contributed by atoms with Crippen LogP contribution in [-0.4, -0.2) is 44.3 Å². The van der Waals surface area contributed by atoms with E-state index in [1.54, 1.807) is 60.7 Å². The van der Waals surface area contributed by atoms with Gasteiger partial charge in [0.1, 0.15) is 12.6 Å². The second kappa shape index (κ2) is 14.0. The summed E-state index contributed by atoms with van der Waals surface area (Å²) in [4.78, 5) is 28.6. The van der Waals surface area contributed by atoms with E-state index in [0.717, 1.165) is 21.9 Å². The highest BCUT2D eigenvalue weighted by atomic mass is 79.9. The first kappa shape index (κ1) is 30.7. The number of nitrogens with zero attached hydrogens (tertiary/aromatic N) is 2. The van der Waals surface area contributed by atoms with Crippen LogP contribution in [0.3, 0.4) is 0 Å². The minimum atomic E-state index is -4.11. The van der Waals surface area contributed by atoms with Crippen LogP contribution in [0.1, 0.15) is 37.8 Å². The van der Waals surface area contributed by atoms with Gasteiger partial charge in [-0.1, -0.05) is 77.3 Å². The molecular formula is C29H33BrClN3O4S. The molecule has 3 aromatic carbocycles. The van der Waals surface area contributed by atoms with E-state index in [1.165, 1.54) is 17.0 Å². The number of hydrogen-bond acceptors (Lipinski definition) is 4. The first-order chi connectivity index (χ1) is 18.6. The zero-order valence-electron chi connectivity index (χ0n) is 22.2. The van der Waals surface area contributed by atoms with Crippen LogP contribution in [0.5, 0.6) is 0 Å². The van der Waals surface area contributed by atoms with Crippen LogP contribution in [0, 0.1) is 6.92 Å². The van der Waals surface area contributed by atoms with Gasteiger partial charge in [0, 0.05) is 22.6 Å². The van der Waals surface area contributed by atoms with Crippen molar-refractivity contribution in [2.45, 2.75) is 51.1 Å². The van der Waals surface area contributed by atoms with Crippen LogP contribution in [0.2, 0.25) is 5.02 Å². The molecule has 1 N–H and O–H groups in total. The summed E-state index contributed by atoms with van der Waals surface area (Å²) in [7, 11) is -4.11. The summed E-state index contributed by atoms with van der Waals surface area (Å²) in [6.07, 6.45) is 1.11. The van der Waals surface area contributed by atoms with Gasteiger partial charge in [-0.05, 0) is 67.8 Å². The lowest BCUT2D eigenvalue weighted by Crippen LogP contribution is -2.52. The number of carbonyl (C=O) groups is 2. The molecule has 0 aromatic heterocycles. The summed E-state index contributed by atoms with van der Waals surface area (Å²) < 4.78 is 29.5. The van der Waals surface area contributed by atoms with Crippen LogP contribution < -0.4 is 9.62 Å². The predicted octanol–water partition coefficient (Wildman–Crippen LogP) is 5.94. The normalized spacial score (nSPS) is 12.0. The molecule has 2 amide bonds. The average Bonchev–Trinajstić information content (AvgIpc) is 2.91. The van der Waals surface area contributed by atoms with Crippen LogP contribution in [0.4, 0.5) is 5.69 Å². The first-order valence-electron chi connectivity index (χ1n) is 12.7. The standard InChI is InChI=1S/C29H33BrClN3O4S/c1-4-17-32-29(36)27(5-2)33(19-22-11-13-24(31)14-12-22)28(35)20-34(25-8-6-7-23(30)18-25)39(37,38)26-15-9-21(3)10-16-26/h6-16,18,27H,4-5,17,19-20H2,1-3H3,(H,32,36)/t27-/m0/s1. The molecule has 0 saturated carbocycles. The third-order valence-corrected chi connectivity index (χ3v) is 8.72. The molecule has 0 bridgehead atoms. The molecule has 0 radical (unpaired) electrons. The van der Waals surface area contributed by atoms with E-state index in [9.17, 15) is 18.0 Å². The van der Waals surface area contributed by atoms with Crippen molar-refractivity contribution >= 4 is 55.1 Å². The molecule has 0 unspecified atom stereocenters. The minimum Gasteiger partial charge on any atom is -0.354 e. The van der Waals surface area contributed by atoms with E-state index in [1.807, 2.05) is 20.8 Å². The highest BCUT2D eigenvalue weighted by Gasteiger charge is 2.33. The second-order valence-corrected chi connectivity index (χ2v) is 12.4. The number of amides is 2. The lowest BCUT2D eigenvalue weighted by molar-refractivity contribution is -0.140. The molecular weight excluding hydrogens is 602 g/mol. The van der Waals surface area contributed by atoms with Gasteiger partial charge in [-0.2, -0.15) is 0 Å². The lowest BCUT2D eigenvalue weighted by Gasteiger charge is -2.33. The Morgan fingerprint density at radius 3 is 2.26 bits per heavy atom. The number of aryl methyl sites for hydroxylation is 1. The summed E-state index contributed by atoms with van der Waals surface area (Å²) in [5, 5.41) is 3.43. The summed E-state index contributed by atoms with van der Waals surface area (Å²) in [6.45, 7) is 5.75. The van der Waals surface area contributed by atoms with Crippen LogP contribution >= 0.6 is 27.5 Å². The van der Waals surface area contributed by atoms with Gasteiger partial charge in [-0.25, -0.2) is 8.42 Å². The number of sulfonamides is 1. The monoisotopic (exact) mass is 633 g/mol. The van der Waals surface area contributed by atoms with Crippen molar-refractivity contribution in [3.05, 3.63) is 93.4 Å². The Kier molecular flexibility index (Phi) is 11.0. The first-order valence-corrected chi connectivity index (χ1v) is 15.3. The van der Waals surface area contributed by atoms with E-state index < -0.39 is 28.5 Å². The van der Waals surface area contributed by atoms with Gasteiger partial charge in [-0.3, -0.25) is 13.9 Å². The Labute approximate surface area is 244 Å². The summed E-state index contributed by atoms with van der Waals surface area (Å²) in [5.74, 6) is -0.781. The molecule has 0 aliphatic carbocycles. The molecule has 0 saturated heterocycles. The maximum Gasteiger partial charge on any atom is 0.264 e. The number of carbonyl (C=O) groups excluding carboxylic acids is 2. The van der Waals surface area contributed by atoms with Gasteiger partial charge < -0.3 is 10.2 Å². The predicted molar refractivity (Wildman–Crippen MR) is 159 cm³/mol. The van der Waals surface area contributed by atoms with Crippen LogP contribution in [-0.2, 0) is 26.2 Å². The highest BCUT2D eigenvalue weighted by Crippen LogP contribution is 2.27. The number of hydrogen-bond donors (Lipinski definition) is 1. The molecule has 0 aliphatic heterocycles. The van der Waals surface area contributed by atoms with E-state index in [-0.39, 0.29) is 17.3 Å². The van der Waals surface area contributed by atoms with E-state index in [4.69, 9.17) is 11.6 Å². The van der Waals surface area contributed by atoms with E-state index in [2.05, 4.69) is 21.2 Å². The Bertz CT molecular complexity index is 1380. The van der Waals surface area contributed by atoms with Crippen molar-refractivity contribution in [1.29, 1.82) is 0 Å². The molecule has 0 fully saturated rings. The molecule has 3 aromatic rings. The van der Waals surface area contributed by atoms with Gasteiger partial charge in [0.05, 0.1) is 10.6 Å². The Morgan fingerprint density at radius 1 is 1.00 bits per heavy atom.